The molecule has 0 aliphatic heterocycles. The molecule has 0 fully saturated rings. The number of para-hydroxylation sites is 1. The molecule has 0 unspecified atom stereocenters. The molecule has 0 aliphatic carbocycles. The molecule has 4 aromatic rings. The Morgan fingerprint density at radius 2 is 1.56 bits per heavy atom. The molecule has 39 heavy (non-hydrogen) atoms. The van der Waals surface area contributed by atoms with Crippen molar-refractivity contribution in [2.75, 3.05) is 0 Å². The fourth-order valence-electron chi connectivity index (χ4n) is 3.88. The molecule has 2 aromatic heterocycles. The van der Waals surface area contributed by atoms with E-state index in [0.717, 1.165) is 10.7 Å². The van der Waals surface area contributed by atoms with Crippen LogP contribution in [0.1, 0.15) is 47.2 Å². The first-order chi connectivity index (χ1) is 18.3. The third-order valence-electron chi connectivity index (χ3n) is 5.77. The van der Waals surface area contributed by atoms with Crippen LogP contribution in [0.2, 0.25) is 0 Å². The molecule has 198 valence electrons. The van der Waals surface area contributed by atoms with E-state index in [9.17, 15) is 29.7 Å². The Bertz CT molecular complexity index is 1720. The van der Waals surface area contributed by atoms with E-state index < -0.39 is 34.5 Å². The van der Waals surface area contributed by atoms with Gasteiger partial charge in [0.25, 0.3) is 5.69 Å². The van der Waals surface area contributed by atoms with Crippen molar-refractivity contribution in [1.82, 2.24) is 19.1 Å². The minimum Gasteiger partial charge on any atom is -0.492 e. The Hall–Kier alpha value is -5.51. The van der Waals surface area contributed by atoms with Crippen molar-refractivity contribution in [2.45, 2.75) is 26.2 Å². The van der Waals surface area contributed by atoms with Crippen molar-refractivity contribution in [2.24, 2.45) is 17.3 Å². The van der Waals surface area contributed by atoms with E-state index in [4.69, 9.17) is 6.57 Å². The Balaban J connectivity index is 1.98. The van der Waals surface area contributed by atoms with E-state index >= 15 is 0 Å². The number of carbonyl (C=O) groups is 2. The molecule has 4 rings (SSSR count). The largest absolute Gasteiger partial charge is 0.492 e. The molecule has 0 saturated carbocycles. The van der Waals surface area contributed by atoms with Gasteiger partial charge in [-0.05, 0) is 35.7 Å². The van der Waals surface area contributed by atoms with Gasteiger partial charge in [0.2, 0.25) is 11.6 Å². The third-order valence-corrected chi connectivity index (χ3v) is 5.77. The average Bonchev–Trinajstić information content (AvgIpc) is 3.37. The lowest BCUT2D eigenvalue weighted by atomic mass is 9.91. The summed E-state index contributed by atoms with van der Waals surface area (Å²) < 4.78 is 3.48. The van der Waals surface area contributed by atoms with E-state index in [0.29, 0.717) is 5.69 Å². The van der Waals surface area contributed by atoms with Crippen LogP contribution < -0.4 is 5.56 Å². The topological polar surface area (TPSA) is 169 Å². The smallest absolute Gasteiger partial charge is 0.335 e. The first-order valence-electron chi connectivity index (χ1n) is 11.5. The van der Waals surface area contributed by atoms with Gasteiger partial charge in [-0.2, -0.15) is 5.10 Å². The van der Waals surface area contributed by atoms with E-state index in [2.05, 4.69) is 20.2 Å². The summed E-state index contributed by atoms with van der Waals surface area (Å²) >= 11 is 0. The number of hydrogen-bond donors (Lipinski definition) is 3. The normalized spacial score (nSPS) is 11.6. The maximum Gasteiger partial charge on any atom is 0.335 e. The van der Waals surface area contributed by atoms with E-state index in [1.165, 1.54) is 28.5 Å². The molecule has 0 aliphatic rings. The number of aromatic hydroxyl groups is 1. The zero-order chi connectivity index (χ0) is 28.6. The summed E-state index contributed by atoms with van der Waals surface area (Å²) in [5, 5.41) is 42.2. The second-order valence-corrected chi connectivity index (χ2v) is 9.52. The highest BCUT2D eigenvalue weighted by molar-refractivity contribution is 5.95. The van der Waals surface area contributed by atoms with Crippen LogP contribution in [-0.2, 0) is 12.5 Å². The highest BCUT2D eigenvalue weighted by Crippen LogP contribution is 2.41. The molecule has 0 bridgehead atoms. The number of nitrogens with zero attached hydrogens (tertiary/aromatic N) is 7. The Morgan fingerprint density at radius 1 is 0.974 bits per heavy atom. The van der Waals surface area contributed by atoms with Crippen molar-refractivity contribution in [3.63, 3.8) is 0 Å². The molecule has 0 spiro atoms. The highest BCUT2D eigenvalue weighted by Gasteiger charge is 2.29. The Morgan fingerprint density at radius 3 is 2.08 bits per heavy atom. The van der Waals surface area contributed by atoms with Crippen LogP contribution in [0.3, 0.4) is 0 Å². The number of aromatic carboxylic acids is 2. The van der Waals surface area contributed by atoms with Gasteiger partial charge in [-0.25, -0.2) is 28.5 Å². The summed E-state index contributed by atoms with van der Waals surface area (Å²) in [5.41, 5.74) is -1.70. The number of aromatic nitrogens is 4. The fraction of sp³-hybridized carbons (Fsp3) is 0.192. The summed E-state index contributed by atoms with van der Waals surface area (Å²) in [7, 11) is 1.46. The first kappa shape index (κ1) is 26.6. The quantitative estimate of drug-likeness (QED) is 0.240. The molecule has 0 atom stereocenters. The highest BCUT2D eigenvalue weighted by atomic mass is 16.4. The number of carboxylic acids is 2. The van der Waals surface area contributed by atoms with Crippen molar-refractivity contribution < 1.29 is 24.9 Å². The van der Waals surface area contributed by atoms with E-state index in [-0.39, 0.29) is 34.0 Å². The van der Waals surface area contributed by atoms with Crippen molar-refractivity contribution in [3.8, 4) is 17.3 Å². The summed E-state index contributed by atoms with van der Waals surface area (Å²) in [5.74, 6) is -3.40. The molecule has 0 saturated heterocycles. The van der Waals surface area contributed by atoms with E-state index in [1.807, 2.05) is 0 Å². The van der Waals surface area contributed by atoms with Gasteiger partial charge in [0.1, 0.15) is 0 Å². The second kappa shape index (κ2) is 9.75. The van der Waals surface area contributed by atoms with Crippen LogP contribution in [0, 0.1) is 6.57 Å². The number of benzene rings is 2. The Labute approximate surface area is 221 Å². The molecular weight excluding hydrogens is 506 g/mol. The maximum absolute atomic E-state index is 13.2. The minimum absolute atomic E-state index is 0.000583. The second-order valence-electron chi connectivity index (χ2n) is 9.52. The molecule has 0 amide bonds. The molecule has 2 heterocycles. The molecule has 0 radical (unpaired) electrons. The standard InChI is InChI=1S/C26H23N7O6/c1-26(2,3)20-18(27-4)21(32(30-20)17-12-14(24(36)37)11-15(13-17)25(38)39)29-28-19-22(34)31(5)33(23(19)35)16-9-7-6-8-10-16/h6-13,34H,1-3,5H3,(H,36,37)(H,38,39). The lowest BCUT2D eigenvalue weighted by Crippen LogP contribution is -2.18. The first-order valence-corrected chi connectivity index (χ1v) is 11.5. The van der Waals surface area contributed by atoms with Crippen LogP contribution in [0.15, 0.2) is 63.6 Å². The maximum atomic E-state index is 13.2. The average molecular weight is 530 g/mol. The minimum atomic E-state index is -1.37. The monoisotopic (exact) mass is 529 g/mol. The van der Waals surface area contributed by atoms with Gasteiger partial charge < -0.3 is 15.3 Å². The molecule has 3 N–H and O–H groups in total. The van der Waals surface area contributed by atoms with Gasteiger partial charge >= 0.3 is 17.5 Å². The Kier molecular flexibility index (Phi) is 6.64. The van der Waals surface area contributed by atoms with Crippen LogP contribution in [0.4, 0.5) is 17.2 Å². The van der Waals surface area contributed by atoms with Gasteiger partial charge in [-0.15, -0.1) is 10.2 Å². The predicted molar refractivity (Wildman–Crippen MR) is 139 cm³/mol. The van der Waals surface area contributed by atoms with Crippen molar-refractivity contribution in [3.05, 3.63) is 87.1 Å². The summed E-state index contributed by atoms with van der Waals surface area (Å²) in [6, 6.07) is 11.9. The summed E-state index contributed by atoms with van der Waals surface area (Å²) in [4.78, 5) is 40.1. The van der Waals surface area contributed by atoms with Crippen molar-refractivity contribution in [1.29, 1.82) is 0 Å². The third kappa shape index (κ3) is 4.78. The van der Waals surface area contributed by atoms with E-state index in [1.54, 1.807) is 51.1 Å². The number of hydrogen-bond acceptors (Lipinski definition) is 7. The van der Waals surface area contributed by atoms with Gasteiger partial charge in [0, 0.05) is 7.05 Å². The van der Waals surface area contributed by atoms with Crippen LogP contribution in [-0.4, -0.2) is 46.4 Å². The van der Waals surface area contributed by atoms with Crippen molar-refractivity contribution >= 4 is 29.1 Å². The van der Waals surface area contributed by atoms with Gasteiger partial charge in [0.15, 0.2) is 5.82 Å². The number of azo groups is 1. The SMILES string of the molecule is [C-]#[N+]c1c(C(C)(C)C)nn(-c2cc(C(=O)O)cc(C(=O)O)c2)c1N=Nc1c(O)n(C)n(-c2ccccc2)c1=O. The van der Waals surface area contributed by atoms with Gasteiger partial charge in [-0.3, -0.25) is 4.79 Å². The fourth-order valence-corrected chi connectivity index (χ4v) is 3.88. The lowest BCUT2D eigenvalue weighted by molar-refractivity contribution is 0.0696. The lowest BCUT2D eigenvalue weighted by Gasteiger charge is -2.15. The van der Waals surface area contributed by atoms with Crippen LogP contribution >= 0.6 is 0 Å². The molecule has 13 heteroatoms. The van der Waals surface area contributed by atoms with Crippen LogP contribution in [0.5, 0.6) is 5.88 Å². The molecule has 13 nitrogen and oxygen atoms in total. The number of carboxylic acid groups (broad SMARTS) is 2. The predicted octanol–water partition coefficient (Wildman–Crippen LogP) is 4.73. The molecule has 2 aromatic carbocycles. The zero-order valence-electron chi connectivity index (χ0n) is 21.3. The summed E-state index contributed by atoms with van der Waals surface area (Å²) in [6.45, 7) is 13.2. The zero-order valence-corrected chi connectivity index (χ0v) is 21.3. The van der Waals surface area contributed by atoms with Gasteiger partial charge in [0.05, 0.1) is 34.8 Å². The van der Waals surface area contributed by atoms with Gasteiger partial charge in [-0.1, -0.05) is 39.0 Å². The van der Waals surface area contributed by atoms with Crippen LogP contribution in [0.25, 0.3) is 16.2 Å². The summed E-state index contributed by atoms with van der Waals surface area (Å²) in [6.07, 6.45) is 0. The number of rotatable bonds is 6. The molecular formula is C26H23N7O6.